The summed E-state index contributed by atoms with van der Waals surface area (Å²) in [5, 5.41) is 3.53. The van der Waals surface area contributed by atoms with Crippen molar-refractivity contribution in [1.29, 1.82) is 0 Å². The third-order valence-electron chi connectivity index (χ3n) is 7.36. The quantitative estimate of drug-likeness (QED) is 0.376. The molecule has 0 bridgehead atoms. The van der Waals surface area contributed by atoms with Gasteiger partial charge in [-0.15, -0.1) is 0 Å². The number of benzene rings is 2. The summed E-state index contributed by atoms with van der Waals surface area (Å²) >= 11 is 12.8. The molecule has 2 aliphatic heterocycles. The molecule has 1 N–H and O–H groups in total. The zero-order valence-electron chi connectivity index (χ0n) is 21.6. The maximum absolute atomic E-state index is 13.9. The number of anilines is 2. The molecule has 39 heavy (non-hydrogen) atoms. The minimum atomic E-state index is -0.580. The summed E-state index contributed by atoms with van der Waals surface area (Å²) in [7, 11) is 0. The highest BCUT2D eigenvalue weighted by atomic mass is 35.5. The van der Waals surface area contributed by atoms with Crippen LogP contribution < -0.4 is 15.7 Å². The molecule has 1 unspecified atom stereocenters. The van der Waals surface area contributed by atoms with Crippen molar-refractivity contribution in [3.05, 3.63) is 91.6 Å². The molecule has 1 amide bonds. The van der Waals surface area contributed by atoms with Crippen molar-refractivity contribution >= 4 is 40.5 Å². The summed E-state index contributed by atoms with van der Waals surface area (Å²) < 4.78 is 20.0. The standard InChI is InChI=1S/C29H30Cl2FN3O4/c1-18-4-7-21(30)15-25(18)33-27-24(16-35(29(37)26(27)31)39-17-23-3-2-14-38-23)28(36)34-12-10-20(11-13-34)19-5-8-22(32)9-6-19/h4-9,15-16,20,23,33H,2-3,10-14,17H2,1H3. The average molecular weight is 574 g/mol. The Labute approximate surface area is 236 Å². The van der Waals surface area contributed by atoms with Crippen LogP contribution in [0.1, 0.15) is 53.1 Å². The molecule has 0 spiro atoms. The Kier molecular flexibility index (Phi) is 8.45. The van der Waals surface area contributed by atoms with Crippen LogP contribution in [0.4, 0.5) is 15.8 Å². The van der Waals surface area contributed by atoms with Crippen molar-refractivity contribution in [3.8, 4) is 0 Å². The molecular weight excluding hydrogens is 544 g/mol. The van der Waals surface area contributed by atoms with Crippen molar-refractivity contribution in [2.24, 2.45) is 0 Å². The van der Waals surface area contributed by atoms with Gasteiger partial charge in [0, 0.05) is 30.4 Å². The number of aryl methyl sites for hydroxylation is 1. The molecule has 1 atom stereocenters. The number of carbonyl (C=O) groups excluding carboxylic acids is 1. The van der Waals surface area contributed by atoms with E-state index in [1.54, 1.807) is 29.2 Å². The highest BCUT2D eigenvalue weighted by Crippen LogP contribution is 2.33. The largest absolute Gasteiger partial charge is 0.408 e. The van der Waals surface area contributed by atoms with Gasteiger partial charge >= 0.3 is 5.56 Å². The first-order valence-corrected chi connectivity index (χ1v) is 13.8. The maximum atomic E-state index is 13.9. The predicted octanol–water partition coefficient (Wildman–Crippen LogP) is 5.97. The van der Waals surface area contributed by atoms with E-state index in [0.29, 0.717) is 30.4 Å². The van der Waals surface area contributed by atoms with Crippen LogP contribution in [-0.4, -0.2) is 47.9 Å². The molecule has 3 heterocycles. The van der Waals surface area contributed by atoms with Crippen LogP contribution in [0.3, 0.4) is 0 Å². The lowest BCUT2D eigenvalue weighted by Crippen LogP contribution is -2.40. The Morgan fingerprint density at radius 3 is 2.56 bits per heavy atom. The van der Waals surface area contributed by atoms with Gasteiger partial charge in [-0.25, -0.2) is 4.39 Å². The predicted molar refractivity (Wildman–Crippen MR) is 150 cm³/mol. The second-order valence-corrected chi connectivity index (χ2v) is 10.8. The fraction of sp³-hybridized carbons (Fsp3) is 0.379. The topological polar surface area (TPSA) is 72.8 Å². The number of nitrogens with one attached hydrogen (secondary N) is 1. The number of hydrogen-bond acceptors (Lipinski definition) is 5. The Morgan fingerprint density at radius 1 is 1.13 bits per heavy atom. The molecular formula is C29H30Cl2FN3O4. The molecule has 7 nitrogen and oxygen atoms in total. The highest BCUT2D eigenvalue weighted by Gasteiger charge is 2.29. The number of hydrogen-bond donors (Lipinski definition) is 1. The summed E-state index contributed by atoms with van der Waals surface area (Å²) in [6.07, 6.45) is 4.52. The van der Waals surface area contributed by atoms with Gasteiger partial charge in [0.15, 0.2) is 0 Å². The number of pyridine rings is 1. The monoisotopic (exact) mass is 573 g/mol. The molecule has 1 aromatic heterocycles. The molecule has 3 aromatic rings. The molecule has 2 aromatic carbocycles. The van der Waals surface area contributed by atoms with Gasteiger partial charge in [0.1, 0.15) is 17.4 Å². The molecule has 0 radical (unpaired) electrons. The number of nitrogens with zero attached hydrogens (tertiary/aromatic N) is 2. The van der Waals surface area contributed by atoms with E-state index in [1.165, 1.54) is 18.3 Å². The summed E-state index contributed by atoms with van der Waals surface area (Å²) in [5.41, 5.74) is 2.39. The zero-order valence-corrected chi connectivity index (χ0v) is 23.1. The number of amides is 1. The minimum absolute atomic E-state index is 0.118. The number of rotatable bonds is 7. The minimum Gasteiger partial charge on any atom is -0.408 e. The first-order valence-electron chi connectivity index (χ1n) is 13.1. The van der Waals surface area contributed by atoms with Crippen molar-refractivity contribution in [2.75, 3.05) is 31.6 Å². The second kappa shape index (κ2) is 12.0. The lowest BCUT2D eigenvalue weighted by Gasteiger charge is -2.33. The van der Waals surface area contributed by atoms with Crippen LogP contribution in [0.2, 0.25) is 10.0 Å². The Bertz CT molecular complexity index is 1400. The third-order valence-corrected chi connectivity index (χ3v) is 7.95. The van der Waals surface area contributed by atoms with Crippen LogP contribution in [0.25, 0.3) is 0 Å². The molecule has 2 aliphatic rings. The van der Waals surface area contributed by atoms with Gasteiger partial charge in [0.25, 0.3) is 5.91 Å². The molecule has 0 aliphatic carbocycles. The van der Waals surface area contributed by atoms with Crippen molar-refractivity contribution in [1.82, 2.24) is 9.63 Å². The van der Waals surface area contributed by atoms with Crippen molar-refractivity contribution in [2.45, 2.75) is 44.6 Å². The normalized spacial score (nSPS) is 17.8. The lowest BCUT2D eigenvalue weighted by atomic mass is 9.89. The maximum Gasteiger partial charge on any atom is 0.303 e. The Morgan fingerprint density at radius 2 is 1.87 bits per heavy atom. The molecule has 2 fully saturated rings. The van der Waals surface area contributed by atoms with E-state index in [9.17, 15) is 14.0 Å². The average Bonchev–Trinajstić information content (AvgIpc) is 3.47. The first kappa shape index (κ1) is 27.5. The van der Waals surface area contributed by atoms with Crippen LogP contribution in [-0.2, 0) is 4.74 Å². The van der Waals surface area contributed by atoms with Gasteiger partial charge in [0.2, 0.25) is 0 Å². The van der Waals surface area contributed by atoms with E-state index >= 15 is 0 Å². The van der Waals surface area contributed by atoms with Crippen molar-refractivity contribution < 1.29 is 18.8 Å². The smallest absolute Gasteiger partial charge is 0.303 e. The lowest BCUT2D eigenvalue weighted by molar-refractivity contribution is 0.00591. The fourth-order valence-corrected chi connectivity index (χ4v) is 5.47. The number of aromatic nitrogens is 1. The number of halogens is 3. The summed E-state index contributed by atoms with van der Waals surface area (Å²) in [6, 6.07) is 11.8. The molecule has 2 saturated heterocycles. The van der Waals surface area contributed by atoms with Crippen LogP contribution in [0.5, 0.6) is 0 Å². The molecule has 206 valence electrons. The van der Waals surface area contributed by atoms with Gasteiger partial charge in [-0.3, -0.25) is 9.59 Å². The zero-order chi connectivity index (χ0) is 27.5. The van der Waals surface area contributed by atoms with E-state index < -0.39 is 5.56 Å². The molecule has 0 saturated carbocycles. The fourth-order valence-electron chi connectivity index (χ4n) is 5.07. The summed E-state index contributed by atoms with van der Waals surface area (Å²) in [6.45, 7) is 3.73. The number of ether oxygens (including phenoxy) is 1. The summed E-state index contributed by atoms with van der Waals surface area (Å²) in [5.74, 6) is -0.310. The Hall–Kier alpha value is -3.07. The van der Waals surface area contributed by atoms with E-state index in [1.807, 2.05) is 13.0 Å². The van der Waals surface area contributed by atoms with Gasteiger partial charge in [-0.2, -0.15) is 4.73 Å². The second-order valence-electron chi connectivity index (χ2n) is 10.00. The van der Waals surface area contributed by atoms with Gasteiger partial charge < -0.3 is 19.8 Å². The Balaban J connectivity index is 1.43. The van der Waals surface area contributed by atoms with Crippen LogP contribution in [0.15, 0.2) is 53.5 Å². The van der Waals surface area contributed by atoms with Gasteiger partial charge in [-0.1, -0.05) is 41.4 Å². The van der Waals surface area contributed by atoms with Gasteiger partial charge in [0.05, 0.1) is 23.6 Å². The van der Waals surface area contributed by atoms with E-state index in [0.717, 1.165) is 41.5 Å². The number of piperidine rings is 1. The SMILES string of the molecule is Cc1ccc(Cl)cc1Nc1c(C(=O)N2CCC(c3ccc(F)cc3)CC2)cn(OCC2CCCO2)c(=O)c1Cl. The third kappa shape index (κ3) is 6.24. The van der Waals surface area contributed by atoms with Crippen molar-refractivity contribution in [3.63, 3.8) is 0 Å². The molecule has 5 rings (SSSR count). The summed E-state index contributed by atoms with van der Waals surface area (Å²) in [4.78, 5) is 34.5. The number of carbonyl (C=O) groups is 1. The first-order chi connectivity index (χ1) is 18.8. The van der Waals surface area contributed by atoms with E-state index in [4.69, 9.17) is 32.8 Å². The van der Waals surface area contributed by atoms with Crippen LogP contribution >= 0.6 is 23.2 Å². The van der Waals surface area contributed by atoms with E-state index in [2.05, 4.69) is 5.32 Å². The van der Waals surface area contributed by atoms with E-state index in [-0.39, 0.29) is 46.6 Å². The molecule has 10 heteroatoms. The number of likely N-dealkylation sites (tertiary alicyclic amines) is 1. The van der Waals surface area contributed by atoms with Crippen LogP contribution in [0, 0.1) is 12.7 Å². The van der Waals surface area contributed by atoms with Gasteiger partial charge in [-0.05, 0) is 73.9 Å². The highest BCUT2D eigenvalue weighted by molar-refractivity contribution is 6.34.